The molecule has 0 spiro atoms. The molecule has 1 heterocycles. The summed E-state index contributed by atoms with van der Waals surface area (Å²) in [7, 11) is 0. The number of aryl methyl sites for hydroxylation is 1. The van der Waals surface area contributed by atoms with Gasteiger partial charge in [0.05, 0.1) is 5.69 Å². The third-order valence-electron chi connectivity index (χ3n) is 2.51. The van der Waals surface area contributed by atoms with Gasteiger partial charge < -0.3 is 4.74 Å². The van der Waals surface area contributed by atoms with Crippen LogP contribution in [0.25, 0.3) is 5.69 Å². The first-order valence-corrected chi connectivity index (χ1v) is 6.56. The fourth-order valence-corrected chi connectivity index (χ4v) is 1.79. The number of nitrogens with zero attached hydrogens (tertiary/aromatic N) is 4. The molecule has 2 rings (SSSR count). The van der Waals surface area contributed by atoms with Gasteiger partial charge in [0.1, 0.15) is 11.4 Å². The van der Waals surface area contributed by atoms with E-state index in [4.69, 9.17) is 4.74 Å². The Morgan fingerprint density at radius 3 is 2.42 bits per heavy atom. The molecule has 1 aromatic carbocycles. The molecule has 0 radical (unpaired) electrons. The third kappa shape index (κ3) is 3.53. The SMILES string of the molecule is CCCc1nnnn1-c1ccc(OC(C)(C)C)cc1. The molecule has 0 N–H and O–H groups in total. The standard InChI is InChI=1S/C14H20N4O/c1-5-6-13-15-16-17-18(13)11-7-9-12(10-8-11)19-14(2,3)4/h7-10H,5-6H2,1-4H3. The lowest BCUT2D eigenvalue weighted by Gasteiger charge is -2.21. The van der Waals surface area contributed by atoms with E-state index in [1.165, 1.54) is 0 Å². The van der Waals surface area contributed by atoms with Crippen LogP contribution in [-0.2, 0) is 6.42 Å². The second kappa shape index (κ2) is 5.38. The smallest absolute Gasteiger partial charge is 0.156 e. The Kier molecular flexibility index (Phi) is 3.83. The van der Waals surface area contributed by atoms with E-state index < -0.39 is 0 Å². The van der Waals surface area contributed by atoms with Gasteiger partial charge in [-0.15, -0.1) is 5.10 Å². The molecular weight excluding hydrogens is 240 g/mol. The molecule has 2 aromatic rings. The summed E-state index contributed by atoms with van der Waals surface area (Å²) in [6.07, 6.45) is 1.89. The molecule has 5 nitrogen and oxygen atoms in total. The van der Waals surface area contributed by atoms with Crippen LogP contribution in [0.15, 0.2) is 24.3 Å². The molecule has 0 aliphatic rings. The van der Waals surface area contributed by atoms with Gasteiger partial charge in [-0.25, -0.2) is 0 Å². The Bertz CT molecular complexity index is 525. The van der Waals surface area contributed by atoms with Crippen molar-refractivity contribution in [3.05, 3.63) is 30.1 Å². The van der Waals surface area contributed by atoms with Crippen LogP contribution in [0.5, 0.6) is 5.75 Å². The van der Waals surface area contributed by atoms with Crippen molar-refractivity contribution >= 4 is 0 Å². The van der Waals surface area contributed by atoms with Gasteiger partial charge in [-0.2, -0.15) is 4.68 Å². The first-order valence-electron chi connectivity index (χ1n) is 6.56. The first-order chi connectivity index (χ1) is 8.99. The number of hydrogen-bond acceptors (Lipinski definition) is 4. The Morgan fingerprint density at radius 2 is 1.84 bits per heavy atom. The molecular formula is C14H20N4O. The zero-order valence-corrected chi connectivity index (χ0v) is 11.9. The average Bonchev–Trinajstić information content (AvgIpc) is 2.77. The van der Waals surface area contributed by atoms with Crippen LogP contribution in [0.4, 0.5) is 0 Å². The quantitative estimate of drug-likeness (QED) is 0.848. The summed E-state index contributed by atoms with van der Waals surface area (Å²) in [5.74, 6) is 1.73. The van der Waals surface area contributed by atoms with Crippen LogP contribution in [-0.4, -0.2) is 25.8 Å². The van der Waals surface area contributed by atoms with E-state index >= 15 is 0 Å². The second-order valence-electron chi connectivity index (χ2n) is 5.47. The minimum atomic E-state index is -0.191. The predicted molar refractivity (Wildman–Crippen MR) is 73.5 cm³/mol. The zero-order valence-electron chi connectivity index (χ0n) is 11.9. The molecule has 1 aromatic heterocycles. The highest BCUT2D eigenvalue weighted by atomic mass is 16.5. The molecule has 0 saturated heterocycles. The normalized spacial score (nSPS) is 11.6. The van der Waals surface area contributed by atoms with Crippen LogP contribution in [0.3, 0.4) is 0 Å². The van der Waals surface area contributed by atoms with Gasteiger partial charge in [0.25, 0.3) is 0 Å². The molecule has 102 valence electrons. The van der Waals surface area contributed by atoms with Crippen LogP contribution >= 0.6 is 0 Å². The number of hydrogen-bond donors (Lipinski definition) is 0. The molecule has 19 heavy (non-hydrogen) atoms. The van der Waals surface area contributed by atoms with Gasteiger partial charge in [0.2, 0.25) is 0 Å². The van der Waals surface area contributed by atoms with Crippen molar-refractivity contribution in [2.45, 2.75) is 46.1 Å². The zero-order chi connectivity index (χ0) is 13.9. The highest BCUT2D eigenvalue weighted by Gasteiger charge is 2.12. The van der Waals surface area contributed by atoms with E-state index in [-0.39, 0.29) is 5.60 Å². The molecule has 0 atom stereocenters. The topological polar surface area (TPSA) is 52.8 Å². The maximum Gasteiger partial charge on any atom is 0.156 e. The van der Waals surface area contributed by atoms with Crippen LogP contribution in [0, 0.1) is 0 Å². The summed E-state index contributed by atoms with van der Waals surface area (Å²) in [6.45, 7) is 8.20. The fraction of sp³-hybridized carbons (Fsp3) is 0.500. The third-order valence-corrected chi connectivity index (χ3v) is 2.51. The minimum Gasteiger partial charge on any atom is -0.488 e. The van der Waals surface area contributed by atoms with Crippen molar-refractivity contribution in [1.29, 1.82) is 0 Å². The predicted octanol–water partition coefficient (Wildman–Crippen LogP) is 2.79. The number of ether oxygens (including phenoxy) is 1. The van der Waals surface area contributed by atoms with Crippen molar-refractivity contribution in [1.82, 2.24) is 20.2 Å². The number of tetrazole rings is 1. The maximum absolute atomic E-state index is 5.79. The van der Waals surface area contributed by atoms with Crippen molar-refractivity contribution in [2.24, 2.45) is 0 Å². The van der Waals surface area contributed by atoms with Gasteiger partial charge >= 0.3 is 0 Å². The summed E-state index contributed by atoms with van der Waals surface area (Å²) in [6, 6.07) is 7.82. The molecule has 0 fully saturated rings. The Balaban J connectivity index is 2.20. The van der Waals surface area contributed by atoms with Gasteiger partial charge in [0.15, 0.2) is 5.82 Å². The van der Waals surface area contributed by atoms with E-state index in [0.717, 1.165) is 30.1 Å². The van der Waals surface area contributed by atoms with Crippen molar-refractivity contribution in [2.75, 3.05) is 0 Å². The van der Waals surface area contributed by atoms with Crippen molar-refractivity contribution in [3.8, 4) is 11.4 Å². The maximum atomic E-state index is 5.79. The van der Waals surface area contributed by atoms with E-state index in [2.05, 4.69) is 22.4 Å². The number of rotatable bonds is 4. The molecule has 5 heteroatoms. The highest BCUT2D eigenvalue weighted by Crippen LogP contribution is 2.20. The van der Waals surface area contributed by atoms with E-state index in [1.54, 1.807) is 4.68 Å². The summed E-state index contributed by atoms with van der Waals surface area (Å²) in [5.41, 5.74) is 0.763. The van der Waals surface area contributed by atoms with Gasteiger partial charge in [-0.1, -0.05) is 6.92 Å². The van der Waals surface area contributed by atoms with Crippen LogP contribution in [0.2, 0.25) is 0 Å². The van der Waals surface area contributed by atoms with E-state index in [1.807, 2.05) is 45.0 Å². The van der Waals surface area contributed by atoms with Gasteiger partial charge in [0, 0.05) is 6.42 Å². The number of aromatic nitrogens is 4. The lowest BCUT2D eigenvalue weighted by atomic mass is 10.2. The second-order valence-corrected chi connectivity index (χ2v) is 5.47. The van der Waals surface area contributed by atoms with Crippen LogP contribution < -0.4 is 4.74 Å². The Labute approximate surface area is 113 Å². The van der Waals surface area contributed by atoms with Crippen LogP contribution in [0.1, 0.15) is 39.9 Å². The molecule has 0 bridgehead atoms. The lowest BCUT2D eigenvalue weighted by Crippen LogP contribution is -2.22. The summed E-state index contributed by atoms with van der Waals surface area (Å²) < 4.78 is 7.56. The molecule has 0 aliphatic heterocycles. The average molecular weight is 260 g/mol. The minimum absolute atomic E-state index is 0.191. The Morgan fingerprint density at radius 1 is 1.16 bits per heavy atom. The number of benzene rings is 1. The monoisotopic (exact) mass is 260 g/mol. The first kappa shape index (κ1) is 13.5. The summed E-state index contributed by atoms with van der Waals surface area (Å²) in [5, 5.41) is 11.8. The van der Waals surface area contributed by atoms with E-state index in [9.17, 15) is 0 Å². The lowest BCUT2D eigenvalue weighted by molar-refractivity contribution is 0.131. The largest absolute Gasteiger partial charge is 0.488 e. The van der Waals surface area contributed by atoms with Crippen molar-refractivity contribution < 1.29 is 4.74 Å². The van der Waals surface area contributed by atoms with Crippen molar-refractivity contribution in [3.63, 3.8) is 0 Å². The van der Waals surface area contributed by atoms with E-state index in [0.29, 0.717) is 0 Å². The highest BCUT2D eigenvalue weighted by molar-refractivity contribution is 5.37. The fourth-order valence-electron chi connectivity index (χ4n) is 1.79. The molecule has 0 unspecified atom stereocenters. The molecule has 0 saturated carbocycles. The Hall–Kier alpha value is -1.91. The van der Waals surface area contributed by atoms with Gasteiger partial charge in [-0.3, -0.25) is 0 Å². The molecule has 0 amide bonds. The summed E-state index contributed by atoms with van der Waals surface area (Å²) in [4.78, 5) is 0. The van der Waals surface area contributed by atoms with Gasteiger partial charge in [-0.05, 0) is 61.9 Å². The molecule has 0 aliphatic carbocycles. The summed E-state index contributed by atoms with van der Waals surface area (Å²) >= 11 is 0.